The number of amides is 1. The summed E-state index contributed by atoms with van der Waals surface area (Å²) in [5.41, 5.74) is 7.12. The minimum atomic E-state index is -0.403. The maximum atomic E-state index is 12.3. The van der Waals surface area contributed by atoms with Gasteiger partial charge >= 0.3 is 6.09 Å². The van der Waals surface area contributed by atoms with E-state index in [1.165, 1.54) is 33.2 Å². The lowest BCUT2D eigenvalue weighted by atomic mass is 9.98. The molecule has 0 aliphatic heterocycles. The van der Waals surface area contributed by atoms with Crippen LogP contribution in [0.2, 0.25) is 0 Å². The summed E-state index contributed by atoms with van der Waals surface area (Å²) >= 11 is 0. The van der Waals surface area contributed by atoms with Crippen LogP contribution >= 0.6 is 0 Å². The van der Waals surface area contributed by atoms with Crippen molar-refractivity contribution in [3.05, 3.63) is 107 Å². The van der Waals surface area contributed by atoms with Crippen LogP contribution in [-0.4, -0.2) is 19.2 Å². The van der Waals surface area contributed by atoms with Gasteiger partial charge in [-0.05, 0) is 51.6 Å². The molecular weight excluding hydrogens is 406 g/mol. The van der Waals surface area contributed by atoms with E-state index in [-0.39, 0.29) is 5.92 Å². The fourth-order valence-electron chi connectivity index (χ4n) is 4.59. The Morgan fingerprint density at radius 2 is 1.48 bits per heavy atom. The Morgan fingerprint density at radius 3 is 2.21 bits per heavy atom. The maximum absolute atomic E-state index is 12.3. The van der Waals surface area contributed by atoms with E-state index >= 15 is 0 Å². The Morgan fingerprint density at radius 1 is 0.848 bits per heavy atom. The number of carbonyl (C=O) groups is 1. The van der Waals surface area contributed by atoms with Gasteiger partial charge in [0.2, 0.25) is 0 Å². The molecule has 0 saturated heterocycles. The molecule has 1 aliphatic carbocycles. The highest BCUT2D eigenvalue weighted by Crippen LogP contribution is 2.44. The highest BCUT2D eigenvalue weighted by atomic mass is 16.5. The first-order valence-electron chi connectivity index (χ1n) is 11.3. The molecule has 0 saturated carbocycles. The van der Waals surface area contributed by atoms with Gasteiger partial charge in [0, 0.05) is 24.4 Å². The van der Waals surface area contributed by atoms with E-state index in [1.807, 2.05) is 36.4 Å². The van der Waals surface area contributed by atoms with Gasteiger partial charge in [0.15, 0.2) is 0 Å². The van der Waals surface area contributed by atoms with Gasteiger partial charge in [0.1, 0.15) is 6.61 Å². The van der Waals surface area contributed by atoms with Gasteiger partial charge in [-0.2, -0.15) is 0 Å². The zero-order valence-corrected chi connectivity index (χ0v) is 18.6. The van der Waals surface area contributed by atoms with Gasteiger partial charge in [0.25, 0.3) is 0 Å². The maximum Gasteiger partial charge on any atom is 0.407 e. The van der Waals surface area contributed by atoms with Gasteiger partial charge in [-0.15, -0.1) is 0 Å². The van der Waals surface area contributed by atoms with Crippen molar-refractivity contribution in [3.8, 4) is 23.0 Å². The molecule has 1 amide bonds. The van der Waals surface area contributed by atoms with Crippen molar-refractivity contribution in [2.24, 2.45) is 0 Å². The molecular formula is C30H25NO2. The quantitative estimate of drug-likeness (QED) is 0.299. The van der Waals surface area contributed by atoms with Crippen LogP contribution in [0, 0.1) is 18.8 Å². The third-order valence-corrected chi connectivity index (χ3v) is 6.23. The molecule has 4 aromatic carbocycles. The summed E-state index contributed by atoms with van der Waals surface area (Å²) in [7, 11) is 0. The van der Waals surface area contributed by atoms with Crippen molar-refractivity contribution >= 4 is 16.9 Å². The molecule has 4 aromatic rings. The van der Waals surface area contributed by atoms with Crippen LogP contribution in [0.25, 0.3) is 21.9 Å². The number of benzene rings is 4. The lowest BCUT2D eigenvalue weighted by Crippen LogP contribution is -2.26. The first-order chi connectivity index (χ1) is 16.2. The number of hydrogen-bond acceptors (Lipinski definition) is 2. The van der Waals surface area contributed by atoms with E-state index in [0.717, 1.165) is 10.9 Å². The van der Waals surface area contributed by atoms with E-state index in [9.17, 15) is 4.79 Å². The molecule has 3 nitrogen and oxygen atoms in total. The highest BCUT2D eigenvalue weighted by molar-refractivity contribution is 5.90. The van der Waals surface area contributed by atoms with Crippen molar-refractivity contribution in [3.63, 3.8) is 0 Å². The normalized spacial score (nSPS) is 11.9. The zero-order chi connectivity index (χ0) is 22.6. The first kappa shape index (κ1) is 20.8. The lowest BCUT2D eigenvalue weighted by Gasteiger charge is -2.14. The van der Waals surface area contributed by atoms with Gasteiger partial charge in [-0.3, -0.25) is 0 Å². The fraction of sp³-hybridized carbons (Fsp3) is 0.167. The number of nitrogens with one attached hydrogen (secondary N) is 1. The van der Waals surface area contributed by atoms with Crippen molar-refractivity contribution in [2.45, 2.75) is 19.3 Å². The molecule has 5 rings (SSSR count). The summed E-state index contributed by atoms with van der Waals surface area (Å²) in [6.07, 6.45) is 0.159. The second-order valence-corrected chi connectivity index (χ2v) is 8.28. The predicted molar refractivity (Wildman–Crippen MR) is 133 cm³/mol. The van der Waals surface area contributed by atoms with Crippen LogP contribution in [0.5, 0.6) is 0 Å². The smallest absolute Gasteiger partial charge is 0.407 e. The van der Waals surface area contributed by atoms with Crippen LogP contribution < -0.4 is 5.32 Å². The molecule has 1 aliphatic rings. The number of aryl methyl sites for hydroxylation is 1. The van der Waals surface area contributed by atoms with Crippen LogP contribution in [0.15, 0.2) is 84.9 Å². The Kier molecular flexibility index (Phi) is 5.83. The minimum absolute atomic E-state index is 0.0674. The molecule has 0 bridgehead atoms. The minimum Gasteiger partial charge on any atom is -0.449 e. The molecule has 1 N–H and O–H groups in total. The Hall–Kier alpha value is -4.03. The molecule has 0 atom stereocenters. The second-order valence-electron chi connectivity index (χ2n) is 8.28. The molecule has 0 radical (unpaired) electrons. The number of fused-ring (bicyclic) bond motifs is 4. The Labute approximate surface area is 194 Å². The molecule has 0 spiro atoms. The van der Waals surface area contributed by atoms with Crippen molar-refractivity contribution in [1.29, 1.82) is 0 Å². The van der Waals surface area contributed by atoms with Crippen LogP contribution in [0.3, 0.4) is 0 Å². The van der Waals surface area contributed by atoms with Crippen LogP contribution in [0.1, 0.15) is 34.6 Å². The molecule has 33 heavy (non-hydrogen) atoms. The highest BCUT2D eigenvalue weighted by Gasteiger charge is 2.28. The van der Waals surface area contributed by atoms with E-state index in [0.29, 0.717) is 19.6 Å². The molecule has 162 valence electrons. The fourth-order valence-corrected chi connectivity index (χ4v) is 4.59. The SMILES string of the molecule is Cc1ccc(C#CCCNC(=O)OCC2c3ccccc3-c3ccccc32)c2ccccc12. The number of alkyl carbamates (subject to hydrolysis) is 1. The van der Waals surface area contributed by atoms with Crippen molar-refractivity contribution in [2.75, 3.05) is 13.2 Å². The van der Waals surface area contributed by atoms with Gasteiger partial charge in [-0.25, -0.2) is 4.79 Å². The third-order valence-electron chi connectivity index (χ3n) is 6.23. The van der Waals surface area contributed by atoms with Gasteiger partial charge in [0.05, 0.1) is 0 Å². The number of ether oxygens (including phenoxy) is 1. The van der Waals surface area contributed by atoms with Crippen molar-refractivity contribution in [1.82, 2.24) is 5.32 Å². The molecule has 3 heteroatoms. The summed E-state index contributed by atoms with van der Waals surface area (Å²) in [6.45, 7) is 2.88. The Bertz CT molecular complexity index is 1350. The Balaban J connectivity index is 1.16. The number of rotatable bonds is 4. The average Bonchev–Trinajstić information content (AvgIpc) is 3.18. The summed E-state index contributed by atoms with van der Waals surface area (Å²) in [6, 6.07) is 29.1. The van der Waals surface area contributed by atoms with Crippen LogP contribution in [-0.2, 0) is 4.74 Å². The second kappa shape index (κ2) is 9.22. The van der Waals surface area contributed by atoms with Gasteiger partial charge in [-0.1, -0.05) is 90.7 Å². The topological polar surface area (TPSA) is 38.3 Å². The van der Waals surface area contributed by atoms with Gasteiger partial charge < -0.3 is 10.1 Å². The van der Waals surface area contributed by atoms with E-state index < -0.39 is 6.09 Å². The first-order valence-corrected chi connectivity index (χ1v) is 11.3. The summed E-state index contributed by atoms with van der Waals surface area (Å²) in [5, 5.41) is 5.21. The third kappa shape index (κ3) is 4.21. The van der Waals surface area contributed by atoms with E-state index in [1.54, 1.807) is 0 Å². The van der Waals surface area contributed by atoms with Crippen LogP contribution in [0.4, 0.5) is 4.79 Å². The average molecular weight is 432 g/mol. The van der Waals surface area contributed by atoms with E-state index in [4.69, 9.17) is 4.74 Å². The monoisotopic (exact) mass is 431 g/mol. The summed E-state index contributed by atoms with van der Waals surface area (Å²) < 4.78 is 5.58. The standard InChI is InChI=1S/C30H25NO2/c1-21-17-18-22(24-12-3-2-11-23(21)24)10-8-9-19-31-30(32)33-20-29-27-15-6-4-13-25(27)26-14-5-7-16-28(26)29/h2-7,11-18,29H,9,19-20H2,1H3,(H,31,32). The van der Waals surface area contributed by atoms with Crippen molar-refractivity contribution < 1.29 is 9.53 Å². The number of carbonyl (C=O) groups excluding carboxylic acids is 1. The lowest BCUT2D eigenvalue weighted by molar-refractivity contribution is 0.143. The molecule has 0 aromatic heterocycles. The molecule has 0 heterocycles. The summed E-state index contributed by atoms with van der Waals surface area (Å²) in [5.74, 6) is 6.48. The molecule has 0 fully saturated rings. The van der Waals surface area contributed by atoms with E-state index in [2.05, 4.69) is 72.6 Å². The largest absolute Gasteiger partial charge is 0.449 e. The molecule has 0 unspecified atom stereocenters. The number of hydrogen-bond donors (Lipinski definition) is 1. The summed E-state index contributed by atoms with van der Waals surface area (Å²) in [4.78, 5) is 12.3. The zero-order valence-electron chi connectivity index (χ0n) is 18.6. The predicted octanol–water partition coefficient (Wildman–Crippen LogP) is 6.43.